The predicted molar refractivity (Wildman–Crippen MR) is 141 cm³/mol. The van der Waals surface area contributed by atoms with Crippen LogP contribution in [0.15, 0.2) is 91.0 Å². The summed E-state index contributed by atoms with van der Waals surface area (Å²) >= 11 is 0. The van der Waals surface area contributed by atoms with E-state index in [-0.39, 0.29) is 47.9 Å². The highest BCUT2D eigenvalue weighted by molar-refractivity contribution is 6.22. The van der Waals surface area contributed by atoms with Gasteiger partial charge in [-0.15, -0.1) is 0 Å². The molecule has 2 amide bonds. The van der Waals surface area contributed by atoms with Crippen LogP contribution in [0.25, 0.3) is 0 Å². The first-order valence-corrected chi connectivity index (χ1v) is 13.2. The van der Waals surface area contributed by atoms with Crippen LogP contribution in [0.2, 0.25) is 0 Å². The smallest absolute Gasteiger partial charge is 0.343 e. The first-order valence-electron chi connectivity index (χ1n) is 13.2. The van der Waals surface area contributed by atoms with Crippen molar-refractivity contribution < 1.29 is 28.7 Å². The zero-order chi connectivity index (χ0) is 26.7. The number of carbonyl (C=O) groups excluding carboxylic acids is 4. The molecular formula is C32H25NO6. The fourth-order valence-corrected chi connectivity index (χ4v) is 6.58. The van der Waals surface area contributed by atoms with Crippen LogP contribution in [0.3, 0.4) is 0 Å². The molecule has 39 heavy (non-hydrogen) atoms. The average Bonchev–Trinajstić information content (AvgIpc) is 3.75. The molecule has 1 heterocycles. The van der Waals surface area contributed by atoms with Gasteiger partial charge in [-0.25, -0.2) is 4.79 Å². The number of ketones is 1. The van der Waals surface area contributed by atoms with Crippen molar-refractivity contribution in [1.29, 1.82) is 0 Å². The lowest BCUT2D eigenvalue weighted by Crippen LogP contribution is -2.40. The van der Waals surface area contributed by atoms with Gasteiger partial charge in [0, 0.05) is 5.56 Å². The minimum Gasteiger partial charge on any atom is -0.485 e. The number of nitrogens with zero attached hydrogens (tertiary/aromatic N) is 1. The van der Waals surface area contributed by atoms with Gasteiger partial charge < -0.3 is 9.47 Å². The zero-order valence-electron chi connectivity index (χ0n) is 20.9. The Kier molecular flexibility index (Phi) is 5.47. The van der Waals surface area contributed by atoms with Crippen molar-refractivity contribution in [2.45, 2.75) is 6.42 Å². The van der Waals surface area contributed by atoms with Gasteiger partial charge in [-0.2, -0.15) is 0 Å². The van der Waals surface area contributed by atoms with E-state index in [0.29, 0.717) is 40.1 Å². The molecule has 194 valence electrons. The number of esters is 1. The minimum absolute atomic E-state index is 0.101. The van der Waals surface area contributed by atoms with Crippen molar-refractivity contribution in [3.05, 3.63) is 102 Å². The van der Waals surface area contributed by atoms with Crippen LogP contribution in [0.4, 0.5) is 5.69 Å². The van der Waals surface area contributed by atoms with Gasteiger partial charge in [-0.05, 0) is 90.8 Å². The summed E-state index contributed by atoms with van der Waals surface area (Å²) in [5.74, 6) is 0.898. The molecule has 2 bridgehead atoms. The molecule has 0 N–H and O–H groups in total. The minimum atomic E-state index is -0.474. The summed E-state index contributed by atoms with van der Waals surface area (Å²) in [5, 5.41) is 0. The summed E-state index contributed by atoms with van der Waals surface area (Å²) in [5.41, 5.74) is 1.39. The molecule has 7 nitrogen and oxygen atoms in total. The van der Waals surface area contributed by atoms with Crippen molar-refractivity contribution in [3.63, 3.8) is 0 Å². The monoisotopic (exact) mass is 519 g/mol. The predicted octanol–water partition coefficient (Wildman–Crippen LogP) is 4.73. The number of imide groups is 1. The molecule has 1 saturated heterocycles. The fraction of sp³-hybridized carbons (Fsp3) is 0.250. The highest BCUT2D eigenvalue weighted by Gasteiger charge is 2.67. The van der Waals surface area contributed by atoms with E-state index < -0.39 is 5.97 Å². The van der Waals surface area contributed by atoms with Gasteiger partial charge in [0.25, 0.3) is 0 Å². The average molecular weight is 520 g/mol. The molecule has 0 radical (unpaired) electrons. The van der Waals surface area contributed by atoms with Gasteiger partial charge in [-0.3, -0.25) is 19.3 Å². The summed E-state index contributed by atoms with van der Waals surface area (Å²) in [4.78, 5) is 52.7. The number of hydrogen-bond acceptors (Lipinski definition) is 6. The first kappa shape index (κ1) is 23.6. The quantitative estimate of drug-likeness (QED) is 0.148. The molecule has 3 aromatic carbocycles. The lowest BCUT2D eigenvalue weighted by Gasteiger charge is -2.37. The van der Waals surface area contributed by atoms with Gasteiger partial charge in [0.15, 0.2) is 12.4 Å². The Hall–Kier alpha value is -4.52. The SMILES string of the molecule is O=C(COc1ccc(N2C(=O)[C@@H]3[C@H]4C=C[C@@H]([C@@H]5C[C@@H]45)[C@H]3C2=O)cc1)c1ccc(OC(=O)c2ccccc2)cc1. The van der Waals surface area contributed by atoms with Crippen LogP contribution >= 0.6 is 0 Å². The van der Waals surface area contributed by atoms with Gasteiger partial charge in [-0.1, -0.05) is 30.4 Å². The van der Waals surface area contributed by atoms with E-state index in [1.165, 1.54) is 4.90 Å². The van der Waals surface area contributed by atoms with E-state index in [0.717, 1.165) is 6.42 Å². The first-order chi connectivity index (χ1) is 19.0. The number of rotatable bonds is 7. The standard InChI is InChI=1S/C32H25NO6/c34-27(18-6-10-22(11-7-18)39-32(37)19-4-2-1-3-5-19)17-38-21-12-8-20(9-13-21)33-30(35)28-23-14-15-24(26-16-25(23)26)29(28)31(33)36/h1-15,23-26,28-29H,16-17H2/t23-,24-,25-,26-,28+,29+/m0/s1. The topological polar surface area (TPSA) is 90.0 Å². The fourth-order valence-electron chi connectivity index (χ4n) is 6.58. The van der Waals surface area contributed by atoms with E-state index >= 15 is 0 Å². The van der Waals surface area contributed by atoms with Gasteiger partial charge in [0.05, 0.1) is 23.1 Å². The number of anilines is 1. The summed E-state index contributed by atoms with van der Waals surface area (Å²) in [6.45, 7) is -0.188. The van der Waals surface area contributed by atoms with Crippen LogP contribution in [0.1, 0.15) is 27.1 Å². The molecule has 7 heteroatoms. The second-order valence-corrected chi connectivity index (χ2v) is 10.7. The molecule has 2 saturated carbocycles. The Morgan fingerprint density at radius 1 is 0.718 bits per heavy atom. The second-order valence-electron chi connectivity index (χ2n) is 10.7. The lowest BCUT2D eigenvalue weighted by molar-refractivity contribution is -0.124. The number of benzene rings is 3. The van der Waals surface area contributed by atoms with E-state index in [4.69, 9.17) is 9.47 Å². The molecule has 8 rings (SSSR count). The van der Waals surface area contributed by atoms with Crippen LogP contribution in [-0.4, -0.2) is 30.2 Å². The number of Topliss-reactive ketones (excluding diaryl/α,β-unsaturated/α-hetero) is 1. The number of hydrogen-bond donors (Lipinski definition) is 0. The number of carbonyl (C=O) groups is 4. The van der Waals surface area contributed by atoms with Crippen molar-refractivity contribution in [3.8, 4) is 11.5 Å². The molecule has 0 spiro atoms. The summed E-state index contributed by atoms with van der Waals surface area (Å²) in [6, 6.07) is 21.7. The molecule has 4 aliphatic carbocycles. The van der Waals surface area contributed by atoms with E-state index in [2.05, 4.69) is 12.2 Å². The van der Waals surface area contributed by atoms with Gasteiger partial charge in [0.1, 0.15) is 11.5 Å². The van der Waals surface area contributed by atoms with Crippen LogP contribution in [0.5, 0.6) is 11.5 Å². The Morgan fingerprint density at radius 3 is 1.92 bits per heavy atom. The molecule has 3 aromatic rings. The Bertz CT molecular complexity index is 1470. The van der Waals surface area contributed by atoms with E-state index in [9.17, 15) is 19.2 Å². The Labute approximate surface area is 225 Å². The third-order valence-corrected chi connectivity index (χ3v) is 8.52. The van der Waals surface area contributed by atoms with Crippen molar-refractivity contribution in [1.82, 2.24) is 0 Å². The van der Waals surface area contributed by atoms with Crippen LogP contribution in [-0.2, 0) is 9.59 Å². The van der Waals surface area contributed by atoms with Gasteiger partial charge in [0.2, 0.25) is 11.8 Å². The highest BCUT2D eigenvalue weighted by atomic mass is 16.5. The molecule has 6 atom stereocenters. The van der Waals surface area contributed by atoms with Gasteiger partial charge >= 0.3 is 5.97 Å². The van der Waals surface area contributed by atoms with Crippen molar-refractivity contribution in [2.75, 3.05) is 11.5 Å². The maximum absolute atomic E-state index is 13.3. The molecule has 3 fully saturated rings. The van der Waals surface area contributed by atoms with Crippen LogP contribution < -0.4 is 14.4 Å². The van der Waals surface area contributed by atoms with Crippen molar-refractivity contribution >= 4 is 29.3 Å². The Morgan fingerprint density at radius 2 is 1.31 bits per heavy atom. The number of ether oxygens (including phenoxy) is 2. The molecular weight excluding hydrogens is 494 g/mol. The van der Waals surface area contributed by atoms with E-state index in [1.807, 2.05) is 6.07 Å². The van der Waals surface area contributed by atoms with Crippen molar-refractivity contribution in [2.24, 2.45) is 35.5 Å². The normalized spacial score (nSPS) is 27.6. The largest absolute Gasteiger partial charge is 0.485 e. The summed E-state index contributed by atoms with van der Waals surface area (Å²) in [6.07, 6.45) is 5.45. The zero-order valence-corrected chi connectivity index (χ0v) is 20.9. The molecule has 1 aliphatic heterocycles. The molecule has 5 aliphatic rings. The lowest BCUT2D eigenvalue weighted by atomic mass is 9.63. The third kappa shape index (κ3) is 3.96. The third-order valence-electron chi connectivity index (χ3n) is 8.52. The molecule has 0 unspecified atom stereocenters. The number of allylic oxidation sites excluding steroid dienone is 2. The highest BCUT2D eigenvalue weighted by Crippen LogP contribution is 2.65. The van der Waals surface area contributed by atoms with E-state index in [1.54, 1.807) is 72.8 Å². The number of amides is 2. The summed E-state index contributed by atoms with van der Waals surface area (Å²) < 4.78 is 11.0. The Balaban J connectivity index is 0.964. The maximum atomic E-state index is 13.3. The summed E-state index contributed by atoms with van der Waals surface area (Å²) in [7, 11) is 0. The van der Waals surface area contributed by atoms with Crippen LogP contribution in [0, 0.1) is 35.5 Å². The molecule has 0 aromatic heterocycles. The second kappa shape index (κ2) is 9.05. The maximum Gasteiger partial charge on any atom is 0.343 e.